The van der Waals surface area contributed by atoms with Crippen molar-refractivity contribution in [2.45, 2.75) is 62.1 Å². The van der Waals surface area contributed by atoms with Gasteiger partial charge in [-0.15, -0.1) is 11.8 Å². The Bertz CT molecular complexity index is 360. The van der Waals surface area contributed by atoms with Crippen molar-refractivity contribution in [1.29, 1.82) is 0 Å². The third kappa shape index (κ3) is 3.76. The van der Waals surface area contributed by atoms with Gasteiger partial charge >= 0.3 is 0 Å². The van der Waals surface area contributed by atoms with Crippen molar-refractivity contribution in [2.75, 3.05) is 0 Å². The highest BCUT2D eigenvalue weighted by Crippen LogP contribution is 2.36. The molecule has 0 aromatic heterocycles. The molecule has 2 unspecified atom stereocenters. The summed E-state index contributed by atoms with van der Waals surface area (Å²) in [4.78, 5) is 1.40. The average molecular weight is 263 g/mol. The zero-order valence-corrected chi connectivity index (χ0v) is 12.4. The van der Waals surface area contributed by atoms with Crippen molar-refractivity contribution in [3.8, 4) is 0 Å². The molecule has 100 valence electrons. The van der Waals surface area contributed by atoms with Gasteiger partial charge in [-0.2, -0.15) is 0 Å². The van der Waals surface area contributed by atoms with E-state index >= 15 is 0 Å². The van der Waals surface area contributed by atoms with E-state index in [4.69, 9.17) is 5.73 Å². The lowest BCUT2D eigenvalue weighted by molar-refractivity contribution is 0.394. The smallest absolute Gasteiger partial charge is 0.0292 e. The molecule has 0 saturated heterocycles. The van der Waals surface area contributed by atoms with Crippen LogP contribution < -0.4 is 5.73 Å². The lowest BCUT2D eigenvalue weighted by atomic mass is 9.91. The highest BCUT2D eigenvalue weighted by atomic mass is 32.2. The van der Waals surface area contributed by atoms with Crippen molar-refractivity contribution < 1.29 is 0 Å². The molecule has 3 atom stereocenters. The molecule has 2 N–H and O–H groups in total. The van der Waals surface area contributed by atoms with E-state index in [-0.39, 0.29) is 6.04 Å². The fraction of sp³-hybridized carbons (Fsp3) is 0.625. The van der Waals surface area contributed by atoms with E-state index in [0.717, 1.165) is 17.6 Å². The lowest BCUT2D eigenvalue weighted by Crippen LogP contribution is -2.14. The van der Waals surface area contributed by atoms with Crippen molar-refractivity contribution in [2.24, 2.45) is 11.7 Å². The quantitative estimate of drug-likeness (QED) is 0.847. The monoisotopic (exact) mass is 263 g/mol. The van der Waals surface area contributed by atoms with Crippen molar-refractivity contribution in [3.05, 3.63) is 29.8 Å². The Labute approximate surface area is 116 Å². The van der Waals surface area contributed by atoms with Crippen LogP contribution in [0.4, 0.5) is 0 Å². The first kappa shape index (κ1) is 14.0. The van der Waals surface area contributed by atoms with Gasteiger partial charge in [0.1, 0.15) is 0 Å². The average Bonchev–Trinajstić information content (AvgIpc) is 2.39. The van der Waals surface area contributed by atoms with Crippen molar-refractivity contribution in [1.82, 2.24) is 0 Å². The molecular formula is C16H25NS. The van der Waals surface area contributed by atoms with Gasteiger partial charge < -0.3 is 5.73 Å². The van der Waals surface area contributed by atoms with Gasteiger partial charge in [0.25, 0.3) is 0 Å². The van der Waals surface area contributed by atoms with E-state index in [9.17, 15) is 0 Å². The van der Waals surface area contributed by atoms with Crippen LogP contribution >= 0.6 is 11.8 Å². The molecule has 0 aliphatic heterocycles. The molecular weight excluding hydrogens is 238 g/mol. The molecule has 2 rings (SSSR count). The zero-order chi connectivity index (χ0) is 13.0. The maximum atomic E-state index is 6.04. The second-order valence-corrected chi connectivity index (χ2v) is 6.97. The summed E-state index contributed by atoms with van der Waals surface area (Å²) in [5.41, 5.74) is 7.30. The van der Waals surface area contributed by atoms with Crippen LogP contribution in [0.1, 0.15) is 57.6 Å². The second kappa shape index (κ2) is 6.63. The molecule has 0 radical (unpaired) electrons. The molecule has 0 spiro atoms. The predicted octanol–water partition coefficient (Wildman–Crippen LogP) is 4.77. The molecule has 1 nitrogen and oxygen atoms in total. The molecule has 0 heterocycles. The summed E-state index contributed by atoms with van der Waals surface area (Å²) in [6, 6.07) is 9.08. The number of thioether (sulfide) groups is 1. The summed E-state index contributed by atoms with van der Waals surface area (Å²) in [6.45, 7) is 4.52. The summed E-state index contributed by atoms with van der Waals surface area (Å²) in [7, 11) is 0. The van der Waals surface area contributed by atoms with E-state index in [0.29, 0.717) is 0 Å². The van der Waals surface area contributed by atoms with Crippen LogP contribution in [0.5, 0.6) is 0 Å². The Morgan fingerprint density at radius 2 is 2.00 bits per heavy atom. The summed E-state index contributed by atoms with van der Waals surface area (Å²) in [5, 5.41) is 0.819. The number of nitrogens with two attached hydrogens (primary N) is 1. The van der Waals surface area contributed by atoms with E-state index < -0.39 is 0 Å². The summed E-state index contributed by atoms with van der Waals surface area (Å²) >= 11 is 2.06. The third-order valence-corrected chi connectivity index (χ3v) is 5.24. The third-order valence-electron chi connectivity index (χ3n) is 3.94. The van der Waals surface area contributed by atoms with Crippen LogP contribution in [-0.4, -0.2) is 5.25 Å². The lowest BCUT2D eigenvalue weighted by Gasteiger charge is -2.26. The molecule has 0 amide bonds. The van der Waals surface area contributed by atoms with Gasteiger partial charge in [-0.1, -0.05) is 38.8 Å². The predicted molar refractivity (Wildman–Crippen MR) is 80.9 cm³/mol. The van der Waals surface area contributed by atoms with Crippen LogP contribution in [-0.2, 0) is 0 Å². The minimum absolute atomic E-state index is 0.193. The molecule has 1 aromatic carbocycles. The standard InChI is InChI=1S/C16H25NS/c1-3-16(17)13-7-9-14(10-8-13)18-15-6-4-5-12(2)11-15/h7-10,12,15-16H,3-6,11,17H2,1-2H3/t12?,15?,16-/m0/s1. The number of hydrogen-bond donors (Lipinski definition) is 1. The summed E-state index contributed by atoms with van der Waals surface area (Å²) < 4.78 is 0. The van der Waals surface area contributed by atoms with Gasteiger partial charge in [-0.3, -0.25) is 0 Å². The molecule has 2 heteroatoms. The van der Waals surface area contributed by atoms with Crippen LogP contribution in [0.15, 0.2) is 29.2 Å². The highest BCUT2D eigenvalue weighted by Gasteiger charge is 2.19. The Hall–Kier alpha value is -0.470. The number of benzene rings is 1. The highest BCUT2D eigenvalue weighted by molar-refractivity contribution is 8.00. The largest absolute Gasteiger partial charge is 0.324 e. The molecule has 1 fully saturated rings. The topological polar surface area (TPSA) is 26.0 Å². The molecule has 1 saturated carbocycles. The van der Waals surface area contributed by atoms with Gasteiger partial charge in [0.2, 0.25) is 0 Å². The van der Waals surface area contributed by atoms with Crippen molar-refractivity contribution >= 4 is 11.8 Å². The number of hydrogen-bond acceptors (Lipinski definition) is 2. The Morgan fingerprint density at radius 3 is 2.61 bits per heavy atom. The van der Waals surface area contributed by atoms with Gasteiger partial charge in [0.05, 0.1) is 0 Å². The molecule has 1 aliphatic carbocycles. The summed E-state index contributed by atoms with van der Waals surface area (Å²) in [5.74, 6) is 0.907. The Kier molecular flexibility index (Phi) is 5.13. The first-order valence-corrected chi connectivity index (χ1v) is 8.09. The zero-order valence-electron chi connectivity index (χ0n) is 11.6. The first-order chi connectivity index (χ1) is 8.69. The van der Waals surface area contributed by atoms with Gasteiger partial charge in [-0.05, 0) is 42.9 Å². The maximum Gasteiger partial charge on any atom is 0.0292 e. The fourth-order valence-electron chi connectivity index (χ4n) is 2.71. The van der Waals surface area contributed by atoms with E-state index in [2.05, 4.69) is 49.9 Å². The first-order valence-electron chi connectivity index (χ1n) is 7.21. The Morgan fingerprint density at radius 1 is 1.28 bits per heavy atom. The molecule has 1 aromatic rings. The van der Waals surface area contributed by atoms with Gasteiger partial charge in [0, 0.05) is 16.2 Å². The minimum atomic E-state index is 0.193. The molecule has 1 aliphatic rings. The summed E-state index contributed by atoms with van der Waals surface area (Å²) in [6.07, 6.45) is 6.58. The van der Waals surface area contributed by atoms with E-state index in [1.807, 2.05) is 0 Å². The maximum absolute atomic E-state index is 6.04. The minimum Gasteiger partial charge on any atom is -0.324 e. The molecule has 0 bridgehead atoms. The number of rotatable bonds is 4. The Balaban J connectivity index is 1.93. The van der Waals surface area contributed by atoms with Crippen molar-refractivity contribution in [3.63, 3.8) is 0 Å². The van der Waals surface area contributed by atoms with Gasteiger partial charge in [-0.25, -0.2) is 0 Å². The van der Waals surface area contributed by atoms with E-state index in [1.165, 1.54) is 36.1 Å². The fourth-order valence-corrected chi connectivity index (χ4v) is 4.09. The van der Waals surface area contributed by atoms with Crippen LogP contribution in [0.3, 0.4) is 0 Å². The van der Waals surface area contributed by atoms with Crippen LogP contribution in [0.25, 0.3) is 0 Å². The molecule has 18 heavy (non-hydrogen) atoms. The SMILES string of the molecule is CC[C@H](N)c1ccc(SC2CCCC(C)C2)cc1. The normalized spacial score (nSPS) is 25.9. The van der Waals surface area contributed by atoms with Gasteiger partial charge in [0.15, 0.2) is 0 Å². The van der Waals surface area contributed by atoms with Crippen LogP contribution in [0.2, 0.25) is 0 Å². The second-order valence-electron chi connectivity index (χ2n) is 5.60. The van der Waals surface area contributed by atoms with E-state index in [1.54, 1.807) is 0 Å². The van der Waals surface area contributed by atoms with Crippen LogP contribution in [0, 0.1) is 5.92 Å².